The average Bonchev–Trinajstić information content (AvgIpc) is 2.52. The van der Waals surface area contributed by atoms with Crippen LogP contribution in [-0.4, -0.2) is 17.2 Å². The summed E-state index contributed by atoms with van der Waals surface area (Å²) in [7, 11) is 0. The van der Waals surface area contributed by atoms with E-state index in [4.69, 9.17) is 11.6 Å². The molecule has 78 valence electrons. The van der Waals surface area contributed by atoms with Gasteiger partial charge >= 0.3 is 0 Å². The highest BCUT2D eigenvalue weighted by Gasteiger charge is 2.26. The number of rotatable bonds is 2. The van der Waals surface area contributed by atoms with Crippen LogP contribution in [0.1, 0.15) is 38.5 Å². The first-order chi connectivity index (χ1) is 6.75. The number of carbonyl (C=O) groups is 1. The third kappa shape index (κ3) is 2.30. The van der Waals surface area contributed by atoms with E-state index in [-0.39, 0.29) is 11.2 Å². The lowest BCUT2D eigenvalue weighted by Gasteiger charge is -2.21. The third-order valence-electron chi connectivity index (χ3n) is 3.01. The van der Waals surface area contributed by atoms with Gasteiger partial charge < -0.3 is 5.32 Å². The van der Waals surface area contributed by atoms with Gasteiger partial charge in [0.25, 0.3) is 0 Å². The van der Waals surface area contributed by atoms with Gasteiger partial charge in [-0.3, -0.25) is 4.79 Å². The predicted molar refractivity (Wildman–Crippen MR) is 57.4 cm³/mol. The van der Waals surface area contributed by atoms with Gasteiger partial charge in [-0.15, -0.1) is 11.6 Å². The molecule has 0 saturated heterocycles. The molecule has 0 heterocycles. The summed E-state index contributed by atoms with van der Waals surface area (Å²) < 4.78 is 0. The fourth-order valence-corrected chi connectivity index (χ4v) is 2.56. The van der Waals surface area contributed by atoms with Crippen LogP contribution < -0.4 is 5.32 Å². The number of nitrogens with one attached hydrogen (secondary N) is 1. The molecule has 14 heavy (non-hydrogen) atoms. The molecule has 0 aromatic rings. The van der Waals surface area contributed by atoms with E-state index in [1.165, 1.54) is 6.42 Å². The second-order valence-corrected chi connectivity index (χ2v) is 4.75. The van der Waals surface area contributed by atoms with Gasteiger partial charge in [-0.2, -0.15) is 0 Å². The van der Waals surface area contributed by atoms with Gasteiger partial charge in [0, 0.05) is 24.2 Å². The Hall–Kier alpha value is -0.500. The lowest BCUT2D eigenvalue weighted by atomic mass is 10.0. The number of hydrogen-bond acceptors (Lipinski definition) is 2. The SMILES string of the molecule is O=C1C=C(N[C@H]2CCC[C@@H]2Cl)CCC1. The second kappa shape index (κ2) is 4.35. The standard InChI is InChI=1S/C11H16ClNO/c12-10-5-2-6-11(10)13-8-3-1-4-9(14)7-8/h7,10-11,13H,1-6H2/t10-,11-/m0/s1. The summed E-state index contributed by atoms with van der Waals surface area (Å²) in [4.78, 5) is 11.2. The molecule has 1 saturated carbocycles. The maximum Gasteiger partial charge on any atom is 0.157 e. The van der Waals surface area contributed by atoms with Crippen LogP contribution in [-0.2, 0) is 4.79 Å². The van der Waals surface area contributed by atoms with Crippen molar-refractivity contribution in [2.24, 2.45) is 0 Å². The Balaban J connectivity index is 1.93. The summed E-state index contributed by atoms with van der Waals surface area (Å²) in [6.07, 6.45) is 7.89. The molecular formula is C11H16ClNO. The number of alkyl halides is 1. The fourth-order valence-electron chi connectivity index (χ4n) is 2.22. The maximum absolute atomic E-state index is 11.2. The number of halogens is 1. The molecule has 2 rings (SSSR count). The van der Waals surface area contributed by atoms with Crippen molar-refractivity contribution < 1.29 is 4.79 Å². The van der Waals surface area contributed by atoms with Crippen molar-refractivity contribution in [3.05, 3.63) is 11.8 Å². The molecule has 0 amide bonds. The van der Waals surface area contributed by atoms with Crippen molar-refractivity contribution in [3.8, 4) is 0 Å². The molecule has 2 atom stereocenters. The molecule has 0 aliphatic heterocycles. The van der Waals surface area contributed by atoms with Gasteiger partial charge in [0.05, 0.1) is 5.38 Å². The normalized spacial score (nSPS) is 32.9. The molecule has 3 heteroatoms. The first kappa shape index (κ1) is 10.0. The summed E-state index contributed by atoms with van der Waals surface area (Å²) in [6, 6.07) is 0.383. The Kier molecular flexibility index (Phi) is 3.12. The monoisotopic (exact) mass is 213 g/mol. The maximum atomic E-state index is 11.2. The molecular weight excluding hydrogens is 198 g/mol. The summed E-state index contributed by atoms with van der Waals surface area (Å²) in [5.74, 6) is 0.253. The van der Waals surface area contributed by atoms with Crippen LogP contribution in [0.15, 0.2) is 11.8 Å². The van der Waals surface area contributed by atoms with Gasteiger partial charge in [0.1, 0.15) is 0 Å². The first-order valence-electron chi connectivity index (χ1n) is 5.40. The van der Waals surface area contributed by atoms with Crippen LogP contribution in [0.4, 0.5) is 0 Å². The largest absolute Gasteiger partial charge is 0.384 e. The van der Waals surface area contributed by atoms with E-state index in [1.54, 1.807) is 6.08 Å². The molecule has 0 radical (unpaired) electrons. The number of hydrogen-bond donors (Lipinski definition) is 1. The summed E-state index contributed by atoms with van der Waals surface area (Å²) >= 11 is 6.16. The summed E-state index contributed by atoms with van der Waals surface area (Å²) in [6.45, 7) is 0. The lowest BCUT2D eigenvalue weighted by molar-refractivity contribution is -0.115. The van der Waals surface area contributed by atoms with Gasteiger partial charge in [-0.05, 0) is 32.1 Å². The smallest absolute Gasteiger partial charge is 0.157 e. The zero-order valence-corrected chi connectivity index (χ0v) is 9.02. The molecule has 2 nitrogen and oxygen atoms in total. The molecule has 2 aliphatic rings. The number of ketones is 1. The minimum absolute atomic E-state index is 0.243. The van der Waals surface area contributed by atoms with Gasteiger partial charge in [0.2, 0.25) is 0 Å². The van der Waals surface area contributed by atoms with Crippen molar-refractivity contribution in [2.45, 2.75) is 49.9 Å². The predicted octanol–water partition coefficient (Wildman–Crippen LogP) is 2.37. The molecule has 0 bridgehead atoms. The molecule has 0 aromatic carbocycles. The molecule has 0 spiro atoms. The zero-order valence-electron chi connectivity index (χ0n) is 8.26. The van der Waals surface area contributed by atoms with Crippen LogP contribution in [0.5, 0.6) is 0 Å². The summed E-state index contributed by atoms with van der Waals surface area (Å²) in [5, 5.41) is 3.65. The zero-order chi connectivity index (χ0) is 9.97. The van der Waals surface area contributed by atoms with Crippen LogP contribution in [0.2, 0.25) is 0 Å². The minimum Gasteiger partial charge on any atom is -0.384 e. The van der Waals surface area contributed by atoms with Gasteiger partial charge in [0.15, 0.2) is 5.78 Å². The molecule has 1 N–H and O–H groups in total. The van der Waals surface area contributed by atoms with Crippen LogP contribution in [0.25, 0.3) is 0 Å². The number of carbonyl (C=O) groups excluding carboxylic acids is 1. The quantitative estimate of drug-likeness (QED) is 0.714. The van der Waals surface area contributed by atoms with Crippen molar-refractivity contribution in [2.75, 3.05) is 0 Å². The minimum atomic E-state index is 0.243. The molecule has 2 aliphatic carbocycles. The van der Waals surface area contributed by atoms with Crippen molar-refractivity contribution >= 4 is 17.4 Å². The van der Waals surface area contributed by atoms with E-state index >= 15 is 0 Å². The van der Waals surface area contributed by atoms with Gasteiger partial charge in [-0.25, -0.2) is 0 Å². The average molecular weight is 214 g/mol. The molecule has 0 aromatic heterocycles. The van der Waals surface area contributed by atoms with E-state index < -0.39 is 0 Å². The van der Waals surface area contributed by atoms with Crippen LogP contribution in [0, 0.1) is 0 Å². The lowest BCUT2D eigenvalue weighted by Crippen LogP contribution is -2.33. The van der Waals surface area contributed by atoms with E-state index in [0.717, 1.165) is 31.4 Å². The summed E-state index contributed by atoms with van der Waals surface area (Å²) in [5.41, 5.74) is 1.10. The van der Waals surface area contributed by atoms with Crippen molar-refractivity contribution in [1.82, 2.24) is 5.32 Å². The highest BCUT2D eigenvalue weighted by molar-refractivity contribution is 6.21. The first-order valence-corrected chi connectivity index (χ1v) is 5.83. The van der Waals surface area contributed by atoms with Crippen molar-refractivity contribution in [3.63, 3.8) is 0 Å². The Bertz CT molecular complexity index is 262. The Labute approximate surface area is 89.7 Å². The highest BCUT2D eigenvalue weighted by Crippen LogP contribution is 2.26. The Morgan fingerprint density at radius 3 is 2.79 bits per heavy atom. The molecule has 0 unspecified atom stereocenters. The van der Waals surface area contributed by atoms with E-state index in [0.29, 0.717) is 12.5 Å². The van der Waals surface area contributed by atoms with E-state index in [2.05, 4.69) is 5.32 Å². The third-order valence-corrected chi connectivity index (χ3v) is 3.53. The highest BCUT2D eigenvalue weighted by atomic mass is 35.5. The van der Waals surface area contributed by atoms with E-state index in [9.17, 15) is 4.79 Å². The van der Waals surface area contributed by atoms with Crippen molar-refractivity contribution in [1.29, 1.82) is 0 Å². The Morgan fingerprint density at radius 2 is 2.14 bits per heavy atom. The topological polar surface area (TPSA) is 29.1 Å². The molecule has 1 fully saturated rings. The van der Waals surface area contributed by atoms with Crippen LogP contribution in [0.3, 0.4) is 0 Å². The van der Waals surface area contributed by atoms with Crippen LogP contribution >= 0.6 is 11.6 Å². The second-order valence-electron chi connectivity index (χ2n) is 4.19. The Morgan fingerprint density at radius 1 is 1.29 bits per heavy atom. The number of allylic oxidation sites excluding steroid dienone is 2. The van der Waals surface area contributed by atoms with E-state index in [1.807, 2.05) is 0 Å². The fraction of sp³-hybridized carbons (Fsp3) is 0.727. The van der Waals surface area contributed by atoms with Gasteiger partial charge in [-0.1, -0.05) is 0 Å².